The smallest absolute Gasteiger partial charge is 0.225 e. The molecule has 2 atom stereocenters. The second kappa shape index (κ2) is 9.72. The van der Waals surface area contributed by atoms with Gasteiger partial charge in [-0.15, -0.1) is 0 Å². The molecule has 0 aromatic carbocycles. The first-order valence-electron chi connectivity index (χ1n) is 11.1. The maximum absolute atomic E-state index is 11.9. The Morgan fingerprint density at radius 1 is 1.19 bits per heavy atom. The molecule has 0 unspecified atom stereocenters. The molecular formula is C21H32N6O4S. The van der Waals surface area contributed by atoms with Crippen LogP contribution in [0.25, 0.3) is 0 Å². The van der Waals surface area contributed by atoms with Gasteiger partial charge in [0.25, 0.3) is 0 Å². The van der Waals surface area contributed by atoms with Gasteiger partial charge in [0.1, 0.15) is 0 Å². The lowest BCUT2D eigenvalue weighted by Crippen LogP contribution is -2.47. The van der Waals surface area contributed by atoms with Gasteiger partial charge in [-0.05, 0) is 38.2 Å². The largest absolute Gasteiger partial charge is 0.494 e. The Morgan fingerprint density at radius 3 is 2.53 bits per heavy atom. The first kappa shape index (κ1) is 22.9. The van der Waals surface area contributed by atoms with E-state index in [1.165, 1.54) is 6.26 Å². The molecule has 11 heteroatoms. The van der Waals surface area contributed by atoms with Crippen LogP contribution >= 0.6 is 0 Å². The molecule has 2 aromatic rings. The lowest BCUT2D eigenvalue weighted by Gasteiger charge is -2.36. The molecule has 2 aliphatic rings. The Morgan fingerprint density at radius 2 is 1.91 bits per heavy atom. The van der Waals surface area contributed by atoms with Gasteiger partial charge in [-0.1, -0.05) is 6.92 Å². The zero-order valence-electron chi connectivity index (χ0n) is 18.9. The number of ether oxygens (including phenoxy) is 2. The summed E-state index contributed by atoms with van der Waals surface area (Å²) in [4.78, 5) is 10.9. The van der Waals surface area contributed by atoms with Gasteiger partial charge in [0.15, 0.2) is 5.75 Å². The number of piperidine rings is 1. The molecule has 0 amide bonds. The van der Waals surface area contributed by atoms with Crippen LogP contribution in [0, 0.1) is 0 Å². The van der Waals surface area contributed by atoms with Crippen molar-refractivity contribution in [2.45, 2.75) is 57.2 Å². The van der Waals surface area contributed by atoms with Crippen molar-refractivity contribution in [1.82, 2.24) is 24.5 Å². The predicted molar refractivity (Wildman–Crippen MR) is 121 cm³/mol. The number of methoxy groups -OCH3 is 1. The molecule has 176 valence electrons. The van der Waals surface area contributed by atoms with Crippen LogP contribution in [0.1, 0.15) is 43.6 Å². The van der Waals surface area contributed by atoms with Gasteiger partial charge in [-0.25, -0.2) is 23.1 Å². The normalized spacial score (nSPS) is 22.0. The van der Waals surface area contributed by atoms with E-state index in [9.17, 15) is 8.42 Å². The quantitative estimate of drug-likeness (QED) is 0.623. The van der Waals surface area contributed by atoms with E-state index in [1.807, 2.05) is 4.68 Å². The topological polar surface area (TPSA) is 111 Å². The van der Waals surface area contributed by atoms with Crippen molar-refractivity contribution in [1.29, 1.82) is 0 Å². The number of nitrogens with zero attached hydrogens (tertiary/aromatic N) is 5. The van der Waals surface area contributed by atoms with E-state index >= 15 is 0 Å². The molecule has 1 fully saturated rings. The van der Waals surface area contributed by atoms with E-state index in [4.69, 9.17) is 14.6 Å². The summed E-state index contributed by atoms with van der Waals surface area (Å²) in [7, 11) is -1.72. The highest BCUT2D eigenvalue weighted by molar-refractivity contribution is 7.88. The Labute approximate surface area is 189 Å². The third-order valence-electron chi connectivity index (χ3n) is 6.16. The number of rotatable bonds is 8. The molecule has 2 aliphatic heterocycles. The second-order valence-corrected chi connectivity index (χ2v) is 10.3. The molecule has 0 aliphatic carbocycles. The molecule has 32 heavy (non-hydrogen) atoms. The first-order valence-corrected chi connectivity index (χ1v) is 13.0. The number of anilines is 1. The van der Waals surface area contributed by atoms with Crippen molar-refractivity contribution in [3.05, 3.63) is 29.8 Å². The Bertz CT molecular complexity index is 1000. The van der Waals surface area contributed by atoms with Gasteiger partial charge < -0.3 is 14.4 Å². The number of hydrogen-bond acceptors (Lipinski definition) is 8. The standard InChI is InChI=1S/C21H32N6O4S/c1-4-15-11-16-5-6-19(25-32(3,28)29)20(27(16)24-15)14-31-17-7-9-26(10-8-17)21-22-12-18(30-2)13-23-21/h11-13,17,19-20,25H,4-10,14H2,1-3H3/t19-,20-/m0/s1. The summed E-state index contributed by atoms with van der Waals surface area (Å²) in [6.45, 7) is 4.11. The minimum Gasteiger partial charge on any atom is -0.494 e. The van der Waals surface area contributed by atoms with Gasteiger partial charge in [0.2, 0.25) is 16.0 Å². The van der Waals surface area contributed by atoms with Crippen molar-refractivity contribution in [3.63, 3.8) is 0 Å². The number of nitrogens with one attached hydrogen (secondary N) is 1. The summed E-state index contributed by atoms with van der Waals surface area (Å²) in [6, 6.07) is 1.74. The van der Waals surface area contributed by atoms with E-state index in [2.05, 4.69) is 32.6 Å². The van der Waals surface area contributed by atoms with Crippen molar-refractivity contribution in [2.24, 2.45) is 0 Å². The highest BCUT2D eigenvalue weighted by Gasteiger charge is 2.34. The van der Waals surface area contributed by atoms with Crippen LogP contribution in [0.2, 0.25) is 0 Å². The SMILES string of the molecule is CCc1cc2n(n1)[C@@H](COC1CCN(c3ncc(OC)cn3)CC1)[C@@H](NS(C)(=O)=O)CC2. The summed E-state index contributed by atoms with van der Waals surface area (Å²) in [5.74, 6) is 1.34. The maximum Gasteiger partial charge on any atom is 0.225 e. The lowest BCUT2D eigenvalue weighted by atomic mass is 9.98. The van der Waals surface area contributed by atoms with Crippen molar-refractivity contribution >= 4 is 16.0 Å². The summed E-state index contributed by atoms with van der Waals surface area (Å²) in [6.07, 6.45) is 8.78. The zero-order chi connectivity index (χ0) is 22.7. The molecule has 1 saturated heterocycles. The fourth-order valence-corrected chi connectivity index (χ4v) is 5.26. The average Bonchev–Trinajstić information content (AvgIpc) is 3.21. The highest BCUT2D eigenvalue weighted by atomic mass is 32.2. The Balaban J connectivity index is 1.38. The zero-order valence-corrected chi connectivity index (χ0v) is 19.7. The molecule has 1 N–H and O–H groups in total. The van der Waals surface area contributed by atoms with E-state index < -0.39 is 10.0 Å². The third kappa shape index (κ3) is 5.38. The van der Waals surface area contributed by atoms with Crippen LogP contribution in [0.15, 0.2) is 18.5 Å². The highest BCUT2D eigenvalue weighted by Crippen LogP contribution is 2.28. The predicted octanol–water partition coefficient (Wildman–Crippen LogP) is 1.33. The van der Waals surface area contributed by atoms with Crippen molar-refractivity contribution < 1.29 is 17.9 Å². The monoisotopic (exact) mass is 464 g/mol. The van der Waals surface area contributed by atoms with Gasteiger partial charge in [-0.2, -0.15) is 5.10 Å². The molecular weight excluding hydrogens is 432 g/mol. The van der Waals surface area contributed by atoms with Gasteiger partial charge in [0.05, 0.1) is 50.2 Å². The van der Waals surface area contributed by atoms with Crippen LogP contribution in [0.3, 0.4) is 0 Å². The Kier molecular flexibility index (Phi) is 6.96. The molecule has 0 radical (unpaired) electrons. The number of fused-ring (bicyclic) bond motifs is 1. The van der Waals surface area contributed by atoms with Crippen molar-refractivity contribution in [2.75, 3.05) is 38.0 Å². The molecule has 10 nitrogen and oxygen atoms in total. The van der Waals surface area contributed by atoms with E-state index in [-0.39, 0.29) is 18.2 Å². The molecule has 0 spiro atoms. The van der Waals surface area contributed by atoms with Crippen LogP contribution in [-0.4, -0.2) is 73.4 Å². The molecule has 4 rings (SSSR count). The minimum absolute atomic E-state index is 0.106. The maximum atomic E-state index is 11.9. The summed E-state index contributed by atoms with van der Waals surface area (Å²) in [5.41, 5.74) is 2.17. The van der Waals surface area contributed by atoms with Gasteiger partial charge >= 0.3 is 0 Å². The second-order valence-electron chi connectivity index (χ2n) is 8.47. The molecule has 0 bridgehead atoms. The van der Waals surface area contributed by atoms with Crippen LogP contribution in [-0.2, 0) is 27.6 Å². The van der Waals surface area contributed by atoms with Crippen LogP contribution in [0.5, 0.6) is 5.75 Å². The van der Waals surface area contributed by atoms with Crippen molar-refractivity contribution in [3.8, 4) is 5.75 Å². The average molecular weight is 465 g/mol. The summed E-state index contributed by atoms with van der Waals surface area (Å²) < 4.78 is 40.1. The number of sulfonamides is 1. The number of aryl methyl sites for hydroxylation is 2. The molecule has 4 heterocycles. The lowest BCUT2D eigenvalue weighted by molar-refractivity contribution is 0.00599. The fourth-order valence-electron chi connectivity index (χ4n) is 4.44. The third-order valence-corrected chi connectivity index (χ3v) is 6.89. The van der Waals surface area contributed by atoms with Gasteiger partial charge in [0, 0.05) is 24.8 Å². The summed E-state index contributed by atoms with van der Waals surface area (Å²) in [5, 5.41) is 4.73. The van der Waals surface area contributed by atoms with E-state index in [1.54, 1.807) is 19.5 Å². The first-order chi connectivity index (χ1) is 15.4. The number of hydrogen-bond donors (Lipinski definition) is 1. The van der Waals surface area contributed by atoms with Crippen LogP contribution in [0.4, 0.5) is 5.95 Å². The minimum atomic E-state index is -3.32. The van der Waals surface area contributed by atoms with Crippen LogP contribution < -0.4 is 14.4 Å². The molecule has 0 saturated carbocycles. The number of aromatic nitrogens is 4. The van der Waals surface area contributed by atoms with E-state index in [0.29, 0.717) is 18.3 Å². The summed E-state index contributed by atoms with van der Waals surface area (Å²) >= 11 is 0. The van der Waals surface area contributed by atoms with E-state index in [0.717, 1.165) is 56.6 Å². The van der Waals surface area contributed by atoms with Gasteiger partial charge in [-0.3, -0.25) is 4.68 Å². The Hall–Kier alpha value is -2.24. The fraction of sp³-hybridized carbons (Fsp3) is 0.667. The molecule has 2 aromatic heterocycles.